The summed E-state index contributed by atoms with van der Waals surface area (Å²) in [5.74, 6) is -0.436. The van der Waals surface area contributed by atoms with Gasteiger partial charge in [-0.2, -0.15) is 0 Å². The van der Waals surface area contributed by atoms with Gasteiger partial charge in [0.15, 0.2) is 0 Å². The fourth-order valence-electron chi connectivity index (χ4n) is 0.877. The van der Waals surface area contributed by atoms with Crippen molar-refractivity contribution in [3.8, 4) is 0 Å². The number of nitrogens with one attached hydrogen (secondary N) is 2. The first kappa shape index (κ1) is 12.7. The summed E-state index contributed by atoms with van der Waals surface area (Å²) < 4.78 is 4.54. The van der Waals surface area contributed by atoms with Crippen LogP contribution < -0.4 is 16.4 Å². The second-order valence-corrected chi connectivity index (χ2v) is 2.92. The van der Waals surface area contributed by atoms with E-state index in [-0.39, 0.29) is 11.9 Å². The third kappa shape index (κ3) is 6.24. The van der Waals surface area contributed by atoms with E-state index in [9.17, 15) is 9.59 Å². The number of esters is 1. The molecule has 0 aromatic heterocycles. The number of rotatable bonds is 6. The van der Waals surface area contributed by atoms with Crippen molar-refractivity contribution in [2.75, 3.05) is 26.7 Å². The molecule has 0 bridgehead atoms. The number of hydrogen-bond acceptors (Lipinski definition) is 4. The number of primary amides is 1. The van der Waals surface area contributed by atoms with Crippen LogP contribution >= 0.6 is 0 Å². The van der Waals surface area contributed by atoms with Gasteiger partial charge in [0.1, 0.15) is 0 Å². The van der Waals surface area contributed by atoms with E-state index in [1.807, 2.05) is 0 Å². The molecule has 1 unspecified atom stereocenters. The zero-order valence-electron chi connectivity index (χ0n) is 8.50. The molecule has 0 saturated heterocycles. The Balaban J connectivity index is 3.36. The summed E-state index contributed by atoms with van der Waals surface area (Å²) in [6, 6.07) is -0.548. The van der Waals surface area contributed by atoms with Crippen LogP contribution in [0.4, 0.5) is 4.79 Å². The Bertz CT molecular complexity index is 196. The van der Waals surface area contributed by atoms with E-state index < -0.39 is 6.03 Å². The molecule has 6 heteroatoms. The van der Waals surface area contributed by atoms with E-state index in [2.05, 4.69) is 15.4 Å². The lowest BCUT2D eigenvalue weighted by Crippen LogP contribution is -2.37. The van der Waals surface area contributed by atoms with E-state index in [0.717, 1.165) is 0 Å². The average Bonchev–Trinajstić information content (AvgIpc) is 2.15. The molecule has 0 radical (unpaired) electrons. The molecule has 0 heterocycles. The van der Waals surface area contributed by atoms with Crippen molar-refractivity contribution < 1.29 is 14.3 Å². The zero-order valence-corrected chi connectivity index (χ0v) is 8.50. The summed E-state index contributed by atoms with van der Waals surface area (Å²) in [6.07, 6.45) is 0. The molecule has 2 amide bonds. The minimum Gasteiger partial charge on any atom is -0.469 e. The van der Waals surface area contributed by atoms with E-state index >= 15 is 0 Å². The molecule has 0 rings (SSSR count). The van der Waals surface area contributed by atoms with Crippen LogP contribution in [0.1, 0.15) is 6.92 Å². The van der Waals surface area contributed by atoms with Gasteiger partial charge in [-0.3, -0.25) is 4.79 Å². The number of methoxy groups -OCH3 is 1. The first-order valence-corrected chi connectivity index (χ1v) is 4.39. The third-order valence-electron chi connectivity index (χ3n) is 1.66. The predicted octanol–water partition coefficient (Wildman–Crippen LogP) is -0.947. The van der Waals surface area contributed by atoms with Gasteiger partial charge >= 0.3 is 12.0 Å². The highest BCUT2D eigenvalue weighted by molar-refractivity contribution is 5.72. The number of ether oxygens (including phenoxy) is 1. The quantitative estimate of drug-likeness (QED) is 0.383. The van der Waals surface area contributed by atoms with Crippen LogP contribution in [0, 0.1) is 5.92 Å². The minimum absolute atomic E-state index is 0.187. The van der Waals surface area contributed by atoms with Crippen molar-refractivity contribution in [2.24, 2.45) is 11.7 Å². The van der Waals surface area contributed by atoms with E-state index in [0.29, 0.717) is 19.6 Å². The maximum absolute atomic E-state index is 10.9. The van der Waals surface area contributed by atoms with Gasteiger partial charge in [0, 0.05) is 19.6 Å². The van der Waals surface area contributed by atoms with Crippen molar-refractivity contribution in [1.82, 2.24) is 10.6 Å². The number of amides is 2. The Kier molecular flexibility index (Phi) is 6.47. The lowest BCUT2D eigenvalue weighted by Gasteiger charge is -2.10. The highest BCUT2D eigenvalue weighted by Gasteiger charge is 2.11. The van der Waals surface area contributed by atoms with E-state index in [4.69, 9.17) is 5.73 Å². The van der Waals surface area contributed by atoms with Crippen molar-refractivity contribution in [3.05, 3.63) is 0 Å². The topological polar surface area (TPSA) is 93.4 Å². The number of urea groups is 1. The van der Waals surface area contributed by atoms with Crippen LogP contribution in [-0.2, 0) is 9.53 Å². The first-order valence-electron chi connectivity index (χ1n) is 4.39. The fourth-order valence-corrected chi connectivity index (χ4v) is 0.877. The predicted molar refractivity (Wildman–Crippen MR) is 51.6 cm³/mol. The maximum atomic E-state index is 10.9. The molecule has 0 aromatic rings. The molecular formula is C8H17N3O3. The maximum Gasteiger partial charge on any atom is 0.312 e. The lowest BCUT2D eigenvalue weighted by atomic mass is 10.2. The monoisotopic (exact) mass is 203 g/mol. The summed E-state index contributed by atoms with van der Waals surface area (Å²) in [4.78, 5) is 21.2. The smallest absolute Gasteiger partial charge is 0.312 e. The van der Waals surface area contributed by atoms with Gasteiger partial charge < -0.3 is 21.1 Å². The summed E-state index contributed by atoms with van der Waals surface area (Å²) in [5, 5.41) is 5.41. The van der Waals surface area contributed by atoms with Crippen LogP contribution in [-0.4, -0.2) is 38.7 Å². The number of carbonyl (C=O) groups is 2. The first-order chi connectivity index (χ1) is 6.57. The Hall–Kier alpha value is -1.30. The molecule has 0 aliphatic rings. The fraction of sp³-hybridized carbons (Fsp3) is 0.750. The second-order valence-electron chi connectivity index (χ2n) is 2.92. The third-order valence-corrected chi connectivity index (χ3v) is 1.66. The highest BCUT2D eigenvalue weighted by atomic mass is 16.5. The Morgan fingerprint density at radius 3 is 2.57 bits per heavy atom. The van der Waals surface area contributed by atoms with Crippen molar-refractivity contribution in [3.63, 3.8) is 0 Å². The second kappa shape index (κ2) is 7.14. The molecule has 0 fully saturated rings. The molecular weight excluding hydrogens is 186 g/mol. The van der Waals surface area contributed by atoms with Crippen LogP contribution in [0.25, 0.3) is 0 Å². The van der Waals surface area contributed by atoms with Gasteiger partial charge in [0.05, 0.1) is 13.0 Å². The van der Waals surface area contributed by atoms with Crippen LogP contribution in [0.2, 0.25) is 0 Å². The van der Waals surface area contributed by atoms with Crippen LogP contribution in [0.15, 0.2) is 0 Å². The summed E-state index contributed by atoms with van der Waals surface area (Å²) in [5.41, 5.74) is 4.85. The molecule has 0 spiro atoms. The van der Waals surface area contributed by atoms with Gasteiger partial charge in [-0.1, -0.05) is 6.92 Å². The molecule has 0 aliphatic heterocycles. The number of carbonyl (C=O) groups excluding carboxylic acids is 2. The molecule has 82 valence electrons. The normalized spacial score (nSPS) is 11.9. The number of hydrogen-bond donors (Lipinski definition) is 3. The van der Waals surface area contributed by atoms with Crippen molar-refractivity contribution >= 4 is 12.0 Å². The summed E-state index contributed by atoms with van der Waals surface area (Å²) in [7, 11) is 1.35. The van der Waals surface area contributed by atoms with Crippen molar-refractivity contribution in [2.45, 2.75) is 6.92 Å². The van der Waals surface area contributed by atoms with Gasteiger partial charge in [-0.25, -0.2) is 4.79 Å². The van der Waals surface area contributed by atoms with Gasteiger partial charge in [-0.05, 0) is 0 Å². The Morgan fingerprint density at radius 1 is 1.43 bits per heavy atom. The van der Waals surface area contributed by atoms with Crippen LogP contribution in [0.5, 0.6) is 0 Å². The zero-order chi connectivity index (χ0) is 11.0. The molecule has 14 heavy (non-hydrogen) atoms. The standard InChI is InChI=1S/C8H17N3O3/c1-6(7(12)14-2)5-10-3-4-11-8(9)13/h6,10H,3-5H2,1-2H3,(H3,9,11,13). The van der Waals surface area contributed by atoms with Crippen molar-refractivity contribution in [1.29, 1.82) is 0 Å². The van der Waals surface area contributed by atoms with Gasteiger partial charge in [0.2, 0.25) is 0 Å². The SMILES string of the molecule is COC(=O)C(C)CNCCNC(N)=O. The largest absolute Gasteiger partial charge is 0.469 e. The summed E-state index contributed by atoms with van der Waals surface area (Å²) in [6.45, 7) is 3.31. The van der Waals surface area contributed by atoms with Crippen LogP contribution in [0.3, 0.4) is 0 Å². The molecule has 4 N–H and O–H groups in total. The summed E-state index contributed by atoms with van der Waals surface area (Å²) >= 11 is 0. The molecule has 0 aliphatic carbocycles. The highest BCUT2D eigenvalue weighted by Crippen LogP contribution is 1.94. The van der Waals surface area contributed by atoms with E-state index in [1.54, 1.807) is 6.92 Å². The average molecular weight is 203 g/mol. The molecule has 6 nitrogen and oxygen atoms in total. The molecule has 1 atom stereocenters. The Labute approximate surface area is 83.2 Å². The van der Waals surface area contributed by atoms with Gasteiger partial charge in [0.25, 0.3) is 0 Å². The lowest BCUT2D eigenvalue weighted by molar-refractivity contribution is -0.144. The van der Waals surface area contributed by atoms with E-state index in [1.165, 1.54) is 7.11 Å². The minimum atomic E-state index is -0.548. The number of nitrogens with two attached hydrogens (primary N) is 1. The Morgan fingerprint density at radius 2 is 2.07 bits per heavy atom. The molecule has 0 aromatic carbocycles. The molecule has 0 saturated carbocycles. The van der Waals surface area contributed by atoms with Gasteiger partial charge in [-0.15, -0.1) is 0 Å².